The number of anilines is 1. The minimum absolute atomic E-state index is 0.0474. The van der Waals surface area contributed by atoms with Crippen LogP contribution in [0.4, 0.5) is 10.1 Å². The van der Waals surface area contributed by atoms with Crippen LogP contribution < -0.4 is 10.1 Å². The lowest BCUT2D eigenvalue weighted by Crippen LogP contribution is -2.13. The highest BCUT2D eigenvalue weighted by molar-refractivity contribution is 7.90. The second-order valence-electron chi connectivity index (χ2n) is 4.60. The van der Waals surface area contributed by atoms with Crippen LogP contribution in [-0.4, -0.2) is 27.7 Å². The monoisotopic (exact) mass is 323 g/mol. The maximum Gasteiger partial charge on any atom is 0.255 e. The summed E-state index contributed by atoms with van der Waals surface area (Å²) in [5.74, 6) is -0.836. The van der Waals surface area contributed by atoms with Gasteiger partial charge in [0.2, 0.25) is 0 Å². The molecule has 2 rings (SSSR count). The van der Waals surface area contributed by atoms with Crippen LogP contribution in [-0.2, 0) is 9.84 Å². The minimum Gasteiger partial charge on any atom is -0.494 e. The molecule has 0 aliphatic rings. The molecule has 7 heteroatoms. The number of rotatable bonds is 4. The smallest absolute Gasteiger partial charge is 0.255 e. The number of hydrogen-bond donors (Lipinski definition) is 1. The molecule has 0 spiro atoms. The van der Waals surface area contributed by atoms with Crippen molar-refractivity contribution in [3.63, 3.8) is 0 Å². The van der Waals surface area contributed by atoms with Crippen LogP contribution in [0.15, 0.2) is 47.4 Å². The van der Waals surface area contributed by atoms with Crippen molar-refractivity contribution >= 4 is 21.4 Å². The quantitative estimate of drug-likeness (QED) is 0.938. The van der Waals surface area contributed by atoms with E-state index in [9.17, 15) is 17.6 Å². The summed E-state index contributed by atoms with van der Waals surface area (Å²) in [5, 5.41) is 2.56. The van der Waals surface area contributed by atoms with E-state index in [-0.39, 0.29) is 16.2 Å². The predicted octanol–water partition coefficient (Wildman–Crippen LogP) is 2.49. The first-order valence-electron chi connectivity index (χ1n) is 6.26. The number of hydrogen-bond acceptors (Lipinski definition) is 4. The van der Waals surface area contributed by atoms with Gasteiger partial charge >= 0.3 is 0 Å². The molecule has 0 saturated carbocycles. The molecular weight excluding hydrogens is 309 g/mol. The molecule has 0 heterocycles. The summed E-state index contributed by atoms with van der Waals surface area (Å²) in [6, 6.07) is 9.35. The average molecular weight is 323 g/mol. The van der Waals surface area contributed by atoms with E-state index in [1.54, 1.807) is 0 Å². The number of carbonyl (C=O) groups excluding carboxylic acids is 1. The van der Waals surface area contributed by atoms with Gasteiger partial charge in [0.15, 0.2) is 9.84 Å². The summed E-state index contributed by atoms with van der Waals surface area (Å²) in [5.41, 5.74) is 0.466. The second-order valence-corrected chi connectivity index (χ2v) is 6.61. The number of sulfone groups is 1. The number of ether oxygens (including phenoxy) is 1. The van der Waals surface area contributed by atoms with Crippen molar-refractivity contribution in [1.29, 1.82) is 0 Å². The van der Waals surface area contributed by atoms with Crippen LogP contribution in [0.3, 0.4) is 0 Å². The molecule has 0 atom stereocenters. The Kier molecular flexibility index (Phi) is 4.46. The van der Waals surface area contributed by atoms with Gasteiger partial charge in [0, 0.05) is 17.9 Å². The Morgan fingerprint density at radius 3 is 2.55 bits per heavy atom. The van der Waals surface area contributed by atoms with Crippen molar-refractivity contribution in [2.24, 2.45) is 0 Å². The molecule has 0 radical (unpaired) electrons. The van der Waals surface area contributed by atoms with Gasteiger partial charge in [0.25, 0.3) is 5.91 Å². The summed E-state index contributed by atoms with van der Waals surface area (Å²) in [6.45, 7) is 0. The van der Waals surface area contributed by atoms with E-state index in [0.717, 1.165) is 12.3 Å². The van der Waals surface area contributed by atoms with Crippen LogP contribution in [0.25, 0.3) is 0 Å². The van der Waals surface area contributed by atoms with Gasteiger partial charge in [0.05, 0.1) is 17.7 Å². The fourth-order valence-corrected chi connectivity index (χ4v) is 2.50. The molecular formula is C15H14FNO4S. The number of carbonyl (C=O) groups is 1. The topological polar surface area (TPSA) is 72.5 Å². The normalized spacial score (nSPS) is 11.0. The molecule has 0 fully saturated rings. The minimum atomic E-state index is -3.40. The Morgan fingerprint density at radius 1 is 1.18 bits per heavy atom. The molecule has 22 heavy (non-hydrogen) atoms. The molecule has 0 aliphatic heterocycles. The first kappa shape index (κ1) is 16.0. The largest absolute Gasteiger partial charge is 0.494 e. The van der Waals surface area contributed by atoms with E-state index in [0.29, 0.717) is 5.69 Å². The molecule has 2 aromatic rings. The van der Waals surface area contributed by atoms with Gasteiger partial charge in [-0.25, -0.2) is 12.8 Å². The Morgan fingerprint density at radius 2 is 1.91 bits per heavy atom. The van der Waals surface area contributed by atoms with Gasteiger partial charge < -0.3 is 10.1 Å². The van der Waals surface area contributed by atoms with Gasteiger partial charge in [-0.15, -0.1) is 0 Å². The Bertz CT molecular complexity index is 818. The zero-order chi connectivity index (χ0) is 16.3. The standard InChI is InChI=1S/C15H14FNO4S/c1-21-14-9-11(16)6-7-13(14)17-15(18)10-4-3-5-12(8-10)22(2,19)20/h3-9H,1-2H3,(H,17,18). The van der Waals surface area contributed by atoms with Gasteiger partial charge in [-0.3, -0.25) is 4.79 Å². The SMILES string of the molecule is COc1cc(F)ccc1NC(=O)c1cccc(S(C)(=O)=O)c1. The lowest BCUT2D eigenvalue weighted by molar-refractivity contribution is 0.102. The van der Waals surface area contributed by atoms with Gasteiger partial charge in [-0.1, -0.05) is 6.07 Å². The Labute approximate surface area is 127 Å². The highest BCUT2D eigenvalue weighted by Gasteiger charge is 2.13. The van der Waals surface area contributed by atoms with Crippen molar-refractivity contribution in [1.82, 2.24) is 0 Å². The lowest BCUT2D eigenvalue weighted by atomic mass is 10.2. The molecule has 5 nitrogen and oxygen atoms in total. The van der Waals surface area contributed by atoms with Crippen molar-refractivity contribution < 1.29 is 22.3 Å². The number of methoxy groups -OCH3 is 1. The van der Waals surface area contributed by atoms with Crippen LogP contribution in [0, 0.1) is 5.82 Å². The second kappa shape index (κ2) is 6.15. The maximum absolute atomic E-state index is 13.1. The molecule has 2 aromatic carbocycles. The highest BCUT2D eigenvalue weighted by atomic mass is 32.2. The van der Waals surface area contributed by atoms with E-state index < -0.39 is 21.6 Å². The summed E-state index contributed by atoms with van der Waals surface area (Å²) in [4.78, 5) is 12.2. The molecule has 0 aliphatic carbocycles. The molecule has 0 aromatic heterocycles. The van der Waals surface area contributed by atoms with Crippen LogP contribution in [0.1, 0.15) is 10.4 Å². The van der Waals surface area contributed by atoms with Crippen LogP contribution in [0.5, 0.6) is 5.75 Å². The third-order valence-corrected chi connectivity index (χ3v) is 4.05. The van der Waals surface area contributed by atoms with Crippen molar-refractivity contribution in [3.8, 4) is 5.75 Å². The average Bonchev–Trinajstić information content (AvgIpc) is 2.48. The number of benzene rings is 2. The number of nitrogens with one attached hydrogen (secondary N) is 1. The van der Waals surface area contributed by atoms with E-state index >= 15 is 0 Å². The van der Waals surface area contributed by atoms with E-state index in [4.69, 9.17) is 4.74 Å². The predicted molar refractivity (Wildman–Crippen MR) is 80.5 cm³/mol. The number of amides is 1. The summed E-state index contributed by atoms with van der Waals surface area (Å²) < 4.78 is 41.1. The van der Waals surface area contributed by atoms with E-state index in [1.165, 1.54) is 43.5 Å². The Balaban J connectivity index is 2.30. The molecule has 0 saturated heterocycles. The zero-order valence-corrected chi connectivity index (χ0v) is 12.8. The molecule has 1 N–H and O–H groups in total. The fourth-order valence-electron chi connectivity index (χ4n) is 1.83. The van der Waals surface area contributed by atoms with Crippen LogP contribution in [0.2, 0.25) is 0 Å². The zero-order valence-electron chi connectivity index (χ0n) is 12.0. The number of halogens is 1. The fraction of sp³-hybridized carbons (Fsp3) is 0.133. The summed E-state index contributed by atoms with van der Waals surface area (Å²) in [7, 11) is -2.05. The van der Waals surface area contributed by atoms with E-state index in [1.807, 2.05) is 0 Å². The third-order valence-electron chi connectivity index (χ3n) is 2.94. The van der Waals surface area contributed by atoms with Crippen molar-refractivity contribution in [2.75, 3.05) is 18.7 Å². The third kappa shape index (κ3) is 3.62. The lowest BCUT2D eigenvalue weighted by Gasteiger charge is -2.10. The first-order valence-corrected chi connectivity index (χ1v) is 8.15. The molecule has 0 unspecified atom stereocenters. The maximum atomic E-state index is 13.1. The first-order chi connectivity index (χ1) is 10.3. The highest BCUT2D eigenvalue weighted by Crippen LogP contribution is 2.25. The van der Waals surface area contributed by atoms with Gasteiger partial charge in [-0.2, -0.15) is 0 Å². The van der Waals surface area contributed by atoms with Gasteiger partial charge in [0.1, 0.15) is 11.6 Å². The van der Waals surface area contributed by atoms with Crippen LogP contribution >= 0.6 is 0 Å². The molecule has 116 valence electrons. The summed E-state index contributed by atoms with van der Waals surface area (Å²) in [6.07, 6.45) is 1.06. The Hall–Kier alpha value is -2.41. The van der Waals surface area contributed by atoms with Crippen molar-refractivity contribution in [3.05, 3.63) is 53.8 Å². The molecule has 1 amide bonds. The van der Waals surface area contributed by atoms with Gasteiger partial charge in [-0.05, 0) is 30.3 Å². The molecule has 0 bridgehead atoms. The van der Waals surface area contributed by atoms with E-state index in [2.05, 4.69) is 5.32 Å². The van der Waals surface area contributed by atoms with Crippen molar-refractivity contribution in [2.45, 2.75) is 4.90 Å². The summed E-state index contributed by atoms with van der Waals surface area (Å²) >= 11 is 0.